The first-order valence-electron chi connectivity index (χ1n) is 3.99. The quantitative estimate of drug-likeness (QED) is 0.634. The molecular weight excluding hydrogens is 162 g/mol. The molecule has 4 heteroatoms. The van der Waals surface area contributed by atoms with E-state index in [0.29, 0.717) is 19.5 Å². The van der Waals surface area contributed by atoms with Gasteiger partial charge < -0.3 is 4.90 Å². The highest BCUT2D eigenvalue weighted by Gasteiger charge is 2.42. The van der Waals surface area contributed by atoms with Crippen LogP contribution in [0.25, 0.3) is 0 Å². The van der Waals surface area contributed by atoms with Crippen molar-refractivity contribution < 1.29 is 8.78 Å². The van der Waals surface area contributed by atoms with Crippen LogP contribution in [0.5, 0.6) is 0 Å². The van der Waals surface area contributed by atoms with E-state index in [1.165, 1.54) is 6.07 Å². The van der Waals surface area contributed by atoms with Crippen molar-refractivity contribution in [3.05, 3.63) is 0 Å². The summed E-state index contributed by atoms with van der Waals surface area (Å²) in [4.78, 5) is 1.87. The third kappa shape index (κ3) is 1.92. The van der Waals surface area contributed by atoms with Crippen molar-refractivity contribution in [1.82, 2.24) is 4.90 Å². The van der Waals surface area contributed by atoms with E-state index in [-0.39, 0.29) is 0 Å². The Kier molecular flexibility index (Phi) is 2.63. The lowest BCUT2D eigenvalue weighted by atomic mass is 9.98. The molecule has 1 rings (SSSR count). The average Bonchev–Trinajstić information content (AvgIpc) is 2.36. The molecule has 0 aliphatic carbocycles. The Hall–Kier alpha value is -0.690. The number of alkyl halides is 2. The van der Waals surface area contributed by atoms with E-state index in [0.717, 1.165) is 0 Å². The van der Waals surface area contributed by atoms with Gasteiger partial charge in [-0.3, -0.25) is 0 Å². The standard InChI is InChI=1S/C8H12F2N2/c1-12-5-2-7(6-12)8(9,10)3-4-11/h7H,2-3,5-6H2,1H3. The van der Waals surface area contributed by atoms with Crippen LogP contribution < -0.4 is 0 Å². The number of halogens is 2. The molecule has 0 aromatic carbocycles. The van der Waals surface area contributed by atoms with Crippen LogP contribution >= 0.6 is 0 Å². The summed E-state index contributed by atoms with van der Waals surface area (Å²) in [7, 11) is 1.82. The van der Waals surface area contributed by atoms with Crippen LogP contribution in [0, 0.1) is 17.2 Å². The lowest BCUT2D eigenvalue weighted by molar-refractivity contribution is -0.0486. The van der Waals surface area contributed by atoms with E-state index >= 15 is 0 Å². The number of hydrogen-bond acceptors (Lipinski definition) is 2. The van der Waals surface area contributed by atoms with Crippen molar-refractivity contribution >= 4 is 0 Å². The number of likely N-dealkylation sites (tertiary alicyclic amines) is 1. The SMILES string of the molecule is CN1CCC(C(F)(F)CC#N)C1. The molecule has 12 heavy (non-hydrogen) atoms. The Morgan fingerprint density at radius 3 is 2.75 bits per heavy atom. The molecule has 0 bridgehead atoms. The van der Waals surface area contributed by atoms with Crippen LogP contribution in [-0.4, -0.2) is 31.0 Å². The van der Waals surface area contributed by atoms with Crippen LogP contribution in [-0.2, 0) is 0 Å². The minimum atomic E-state index is -2.79. The zero-order valence-corrected chi connectivity index (χ0v) is 7.06. The van der Waals surface area contributed by atoms with E-state index < -0.39 is 18.3 Å². The van der Waals surface area contributed by atoms with Crippen LogP contribution in [0.15, 0.2) is 0 Å². The van der Waals surface area contributed by atoms with Crippen molar-refractivity contribution in [2.75, 3.05) is 20.1 Å². The topological polar surface area (TPSA) is 27.0 Å². The highest BCUT2D eigenvalue weighted by atomic mass is 19.3. The number of rotatable bonds is 2. The van der Waals surface area contributed by atoms with E-state index in [1.54, 1.807) is 0 Å². The molecule has 1 heterocycles. The fraction of sp³-hybridized carbons (Fsp3) is 0.875. The third-order valence-corrected chi connectivity index (χ3v) is 2.30. The molecule has 0 amide bonds. The van der Waals surface area contributed by atoms with Crippen LogP contribution in [0.1, 0.15) is 12.8 Å². The van der Waals surface area contributed by atoms with Gasteiger partial charge in [-0.25, -0.2) is 8.78 Å². The second kappa shape index (κ2) is 3.36. The third-order valence-electron chi connectivity index (χ3n) is 2.30. The normalized spacial score (nSPS) is 25.7. The van der Waals surface area contributed by atoms with Gasteiger partial charge in [0.25, 0.3) is 5.92 Å². The number of nitrogens with zero attached hydrogens (tertiary/aromatic N) is 2. The lowest BCUT2D eigenvalue weighted by Gasteiger charge is -2.19. The van der Waals surface area contributed by atoms with Gasteiger partial charge in [0, 0.05) is 12.5 Å². The molecule has 1 aliphatic rings. The van der Waals surface area contributed by atoms with Crippen LogP contribution in [0.3, 0.4) is 0 Å². The highest BCUT2D eigenvalue weighted by Crippen LogP contribution is 2.34. The second-order valence-electron chi connectivity index (χ2n) is 3.34. The lowest BCUT2D eigenvalue weighted by Crippen LogP contribution is -2.29. The summed E-state index contributed by atoms with van der Waals surface area (Å²) in [5.41, 5.74) is 0. The van der Waals surface area contributed by atoms with Crippen molar-refractivity contribution in [3.8, 4) is 6.07 Å². The van der Waals surface area contributed by atoms with Crippen molar-refractivity contribution in [2.24, 2.45) is 5.92 Å². The molecule has 0 saturated carbocycles. The number of nitriles is 1. The monoisotopic (exact) mass is 174 g/mol. The fourth-order valence-corrected chi connectivity index (χ4v) is 1.53. The first-order valence-corrected chi connectivity index (χ1v) is 3.99. The van der Waals surface area contributed by atoms with Gasteiger partial charge in [-0.05, 0) is 20.0 Å². The van der Waals surface area contributed by atoms with Crippen molar-refractivity contribution in [2.45, 2.75) is 18.8 Å². The number of hydrogen-bond donors (Lipinski definition) is 0. The Balaban J connectivity index is 2.52. The summed E-state index contributed by atoms with van der Waals surface area (Å²) < 4.78 is 26.1. The zero-order valence-electron chi connectivity index (χ0n) is 7.06. The second-order valence-corrected chi connectivity index (χ2v) is 3.34. The highest BCUT2D eigenvalue weighted by molar-refractivity contribution is 4.90. The molecule has 1 fully saturated rings. The van der Waals surface area contributed by atoms with Gasteiger partial charge in [-0.2, -0.15) is 5.26 Å². The van der Waals surface area contributed by atoms with E-state index in [1.807, 2.05) is 11.9 Å². The molecule has 1 saturated heterocycles. The molecule has 0 aromatic heterocycles. The largest absolute Gasteiger partial charge is 0.306 e. The molecule has 1 atom stereocenters. The van der Waals surface area contributed by atoms with Gasteiger partial charge in [0.2, 0.25) is 0 Å². The molecular formula is C8H12F2N2. The summed E-state index contributed by atoms with van der Waals surface area (Å²) in [6, 6.07) is 1.53. The Bertz CT molecular complexity index is 198. The minimum absolute atomic E-state index is 0.411. The van der Waals surface area contributed by atoms with Gasteiger partial charge in [-0.1, -0.05) is 0 Å². The van der Waals surface area contributed by atoms with E-state index in [9.17, 15) is 8.78 Å². The van der Waals surface area contributed by atoms with Gasteiger partial charge in [0.15, 0.2) is 0 Å². The Morgan fingerprint density at radius 1 is 1.67 bits per heavy atom. The van der Waals surface area contributed by atoms with Crippen molar-refractivity contribution in [3.63, 3.8) is 0 Å². The molecule has 0 radical (unpaired) electrons. The maximum absolute atomic E-state index is 13.1. The molecule has 68 valence electrons. The summed E-state index contributed by atoms with van der Waals surface area (Å²) in [5, 5.41) is 8.18. The summed E-state index contributed by atoms with van der Waals surface area (Å²) in [6.07, 6.45) is -0.142. The fourth-order valence-electron chi connectivity index (χ4n) is 1.53. The maximum atomic E-state index is 13.1. The van der Waals surface area contributed by atoms with Crippen LogP contribution in [0.2, 0.25) is 0 Å². The first-order chi connectivity index (χ1) is 5.56. The predicted molar refractivity (Wildman–Crippen MR) is 40.8 cm³/mol. The van der Waals surface area contributed by atoms with Crippen molar-refractivity contribution in [1.29, 1.82) is 5.26 Å². The van der Waals surface area contributed by atoms with Crippen LogP contribution in [0.4, 0.5) is 8.78 Å². The average molecular weight is 174 g/mol. The molecule has 0 N–H and O–H groups in total. The molecule has 0 spiro atoms. The molecule has 1 aliphatic heterocycles. The Labute approximate surface area is 70.8 Å². The summed E-state index contributed by atoms with van der Waals surface area (Å²) >= 11 is 0. The summed E-state index contributed by atoms with van der Waals surface area (Å²) in [6.45, 7) is 1.13. The Morgan fingerprint density at radius 2 is 2.33 bits per heavy atom. The van der Waals surface area contributed by atoms with Gasteiger partial charge >= 0.3 is 0 Å². The first kappa shape index (κ1) is 9.40. The predicted octanol–water partition coefficient (Wildman–Crippen LogP) is 1.49. The molecule has 1 unspecified atom stereocenters. The smallest absolute Gasteiger partial charge is 0.264 e. The minimum Gasteiger partial charge on any atom is -0.306 e. The van der Waals surface area contributed by atoms with Gasteiger partial charge in [0.1, 0.15) is 0 Å². The maximum Gasteiger partial charge on any atom is 0.264 e. The van der Waals surface area contributed by atoms with E-state index in [4.69, 9.17) is 5.26 Å². The summed E-state index contributed by atoms with van der Waals surface area (Å²) in [5.74, 6) is -3.42. The van der Waals surface area contributed by atoms with Gasteiger partial charge in [0.05, 0.1) is 12.5 Å². The molecule has 0 aromatic rings. The molecule has 2 nitrogen and oxygen atoms in total. The zero-order chi connectivity index (χ0) is 9.19. The van der Waals surface area contributed by atoms with Gasteiger partial charge in [-0.15, -0.1) is 0 Å². The van der Waals surface area contributed by atoms with E-state index in [2.05, 4.69) is 0 Å².